The monoisotopic (exact) mass is 633 g/mol. The summed E-state index contributed by atoms with van der Waals surface area (Å²) in [6, 6.07) is 8.78. The van der Waals surface area contributed by atoms with Gasteiger partial charge in [-0.1, -0.05) is 106 Å². The third-order valence-electron chi connectivity index (χ3n) is 7.34. The van der Waals surface area contributed by atoms with Crippen LogP contribution in [-0.4, -0.2) is 69.2 Å². The smallest absolute Gasteiger partial charge is 0.447 e. The number of benzene rings is 1. The van der Waals surface area contributed by atoms with Crippen LogP contribution in [0.1, 0.15) is 46.6 Å². The quantitative estimate of drug-likeness (QED) is 0.162. The number of halogens is 3. The molecule has 41 heavy (non-hydrogen) atoms. The lowest BCUT2D eigenvalue weighted by Crippen LogP contribution is -2.52. The third-order valence-corrected chi connectivity index (χ3v) is 7.67. The Labute approximate surface area is 256 Å². The van der Waals surface area contributed by atoms with Gasteiger partial charge in [0.25, 0.3) is 0 Å². The zero-order valence-corrected chi connectivity index (χ0v) is 26.1. The van der Waals surface area contributed by atoms with E-state index in [0.717, 1.165) is 10.5 Å². The molecule has 0 radical (unpaired) electrons. The second-order valence-electron chi connectivity index (χ2n) is 11.0. The number of Topliss-reactive ketones (excluding diaryl/α,β-unsaturated/α-hetero) is 1. The number of ketones is 1. The van der Waals surface area contributed by atoms with E-state index in [9.17, 15) is 24.3 Å². The minimum Gasteiger partial charge on any atom is -0.447 e. The second-order valence-corrected chi connectivity index (χ2v) is 13.5. The fourth-order valence-corrected chi connectivity index (χ4v) is 5.19. The Morgan fingerprint density at radius 3 is 2.32 bits per heavy atom. The zero-order chi connectivity index (χ0) is 31.1. The highest BCUT2D eigenvalue weighted by Gasteiger charge is 2.49. The molecule has 9 nitrogen and oxygen atoms in total. The van der Waals surface area contributed by atoms with Crippen LogP contribution in [0.4, 0.5) is 9.59 Å². The number of hydrogen-bond acceptors (Lipinski definition) is 8. The van der Waals surface area contributed by atoms with E-state index in [2.05, 4.69) is 6.58 Å². The Morgan fingerprint density at radius 2 is 1.76 bits per heavy atom. The van der Waals surface area contributed by atoms with Gasteiger partial charge in [0.15, 0.2) is 0 Å². The first-order valence-electron chi connectivity index (χ1n) is 13.3. The van der Waals surface area contributed by atoms with E-state index in [1.54, 1.807) is 19.9 Å². The van der Waals surface area contributed by atoms with Gasteiger partial charge in [0.05, 0.1) is 29.4 Å². The van der Waals surface area contributed by atoms with Crippen molar-refractivity contribution in [2.45, 2.75) is 69.5 Å². The van der Waals surface area contributed by atoms with Gasteiger partial charge in [-0.05, 0) is 24.3 Å². The van der Waals surface area contributed by atoms with E-state index < -0.39 is 69.8 Å². The van der Waals surface area contributed by atoms with Gasteiger partial charge in [-0.25, -0.2) is 14.5 Å². The number of carbonyl (C=O) groups is 4. The SMILES string of the molecule is C=CCC(C)C(OC(=O)OCC(Cl)(Cl)Cl)C(C)C(=O)C(C)(C)C(O)C(C)C(=O)N1C(=O)OCC1Cc1ccccc1. The fourth-order valence-electron chi connectivity index (χ4n) is 5.02. The van der Waals surface area contributed by atoms with Crippen molar-refractivity contribution in [1.29, 1.82) is 0 Å². The molecule has 1 saturated heterocycles. The van der Waals surface area contributed by atoms with Gasteiger partial charge in [-0.3, -0.25) is 9.59 Å². The van der Waals surface area contributed by atoms with Gasteiger partial charge in [-0.15, -0.1) is 6.58 Å². The molecular weight excluding hydrogens is 597 g/mol. The molecule has 6 atom stereocenters. The van der Waals surface area contributed by atoms with Gasteiger partial charge in [0.2, 0.25) is 9.70 Å². The predicted octanol–water partition coefficient (Wildman–Crippen LogP) is 5.91. The number of rotatable bonds is 13. The summed E-state index contributed by atoms with van der Waals surface area (Å²) < 4.78 is 13.7. The minimum atomic E-state index is -1.85. The molecular formula is C29H38Cl3NO8. The van der Waals surface area contributed by atoms with Crippen molar-refractivity contribution >= 4 is 58.7 Å². The van der Waals surface area contributed by atoms with E-state index in [4.69, 9.17) is 49.0 Å². The second kappa shape index (κ2) is 14.7. The average molecular weight is 635 g/mol. The van der Waals surface area contributed by atoms with Gasteiger partial charge in [-0.2, -0.15) is 0 Å². The molecule has 6 unspecified atom stereocenters. The maximum Gasteiger partial charge on any atom is 0.508 e. The summed E-state index contributed by atoms with van der Waals surface area (Å²) in [5, 5.41) is 11.3. The number of ether oxygens (including phenoxy) is 3. The van der Waals surface area contributed by atoms with Crippen LogP contribution in [0.2, 0.25) is 0 Å². The van der Waals surface area contributed by atoms with Crippen molar-refractivity contribution in [3.63, 3.8) is 0 Å². The molecule has 12 heteroatoms. The van der Waals surface area contributed by atoms with Crippen LogP contribution in [0.3, 0.4) is 0 Å². The van der Waals surface area contributed by atoms with E-state index >= 15 is 0 Å². The molecule has 1 fully saturated rings. The first-order chi connectivity index (χ1) is 19.0. The molecule has 1 N–H and O–H groups in total. The summed E-state index contributed by atoms with van der Waals surface area (Å²) in [5.41, 5.74) is -0.567. The topological polar surface area (TPSA) is 119 Å². The number of aliphatic hydroxyl groups excluding tert-OH is 1. The van der Waals surface area contributed by atoms with E-state index in [1.165, 1.54) is 20.8 Å². The highest BCUT2D eigenvalue weighted by atomic mass is 35.6. The maximum absolute atomic E-state index is 13.8. The number of amides is 2. The van der Waals surface area contributed by atoms with Crippen LogP contribution in [0, 0.1) is 23.2 Å². The number of nitrogens with zero attached hydrogens (tertiary/aromatic N) is 1. The number of alkyl halides is 3. The number of allylic oxidation sites excluding steroid dienone is 1. The van der Waals surface area contributed by atoms with Crippen LogP contribution in [-0.2, 0) is 30.2 Å². The molecule has 0 bridgehead atoms. The molecule has 1 aliphatic heterocycles. The van der Waals surface area contributed by atoms with Crippen molar-refractivity contribution in [1.82, 2.24) is 4.90 Å². The maximum atomic E-state index is 13.8. The lowest BCUT2D eigenvalue weighted by molar-refractivity contribution is -0.149. The largest absolute Gasteiger partial charge is 0.508 e. The average Bonchev–Trinajstić information content (AvgIpc) is 3.27. The van der Waals surface area contributed by atoms with E-state index in [-0.39, 0.29) is 12.5 Å². The molecule has 0 aliphatic carbocycles. The number of imide groups is 1. The van der Waals surface area contributed by atoms with Crippen molar-refractivity contribution in [3.05, 3.63) is 48.6 Å². The number of hydrogen-bond donors (Lipinski definition) is 1. The van der Waals surface area contributed by atoms with Crippen LogP contribution < -0.4 is 0 Å². The molecule has 0 saturated carbocycles. The number of cyclic esters (lactones) is 1. The van der Waals surface area contributed by atoms with Crippen LogP contribution in [0.15, 0.2) is 43.0 Å². The summed E-state index contributed by atoms with van der Waals surface area (Å²) in [7, 11) is 0. The highest BCUT2D eigenvalue weighted by Crippen LogP contribution is 2.35. The molecule has 0 aromatic heterocycles. The third kappa shape index (κ3) is 9.33. The van der Waals surface area contributed by atoms with Gasteiger partial charge in [0, 0.05) is 0 Å². The molecule has 1 aliphatic rings. The summed E-state index contributed by atoms with van der Waals surface area (Å²) in [5.74, 6) is -3.55. The normalized spacial score (nSPS) is 19.4. The summed E-state index contributed by atoms with van der Waals surface area (Å²) >= 11 is 16.9. The summed E-state index contributed by atoms with van der Waals surface area (Å²) in [6.07, 6.45) is -1.99. The minimum absolute atomic E-state index is 0.0240. The molecule has 228 valence electrons. The molecule has 2 rings (SSSR count). The number of carbonyl (C=O) groups excluding carboxylic acids is 4. The Bertz CT molecular complexity index is 1090. The van der Waals surface area contributed by atoms with Crippen molar-refractivity contribution < 1.29 is 38.5 Å². The predicted molar refractivity (Wildman–Crippen MR) is 156 cm³/mol. The Hall–Kier alpha value is -2.33. The molecule has 1 aromatic rings. The Morgan fingerprint density at radius 1 is 1.15 bits per heavy atom. The lowest BCUT2D eigenvalue weighted by atomic mass is 9.70. The Kier molecular flexibility index (Phi) is 12.5. The standard InChI is InChI=1S/C29H38Cl3NO8/c1-7-11-17(2)22(41-27(38)40-16-29(30,31)32)18(3)23(34)28(5,6)24(35)19(4)25(36)33-21(15-39-26(33)37)14-20-12-9-8-10-13-20/h7-10,12-13,17-19,21-22,24,35H,1,11,14-16H2,2-6H3. The zero-order valence-electron chi connectivity index (χ0n) is 23.8. The molecule has 2 amide bonds. The van der Waals surface area contributed by atoms with Crippen molar-refractivity contribution in [2.75, 3.05) is 13.2 Å². The lowest BCUT2D eigenvalue weighted by Gasteiger charge is -2.38. The van der Waals surface area contributed by atoms with Crippen LogP contribution in [0.25, 0.3) is 0 Å². The molecule has 1 heterocycles. The molecule has 1 aromatic carbocycles. The highest BCUT2D eigenvalue weighted by molar-refractivity contribution is 6.67. The first kappa shape index (κ1) is 34.9. The van der Waals surface area contributed by atoms with Gasteiger partial charge >= 0.3 is 12.2 Å². The number of aliphatic hydroxyl groups is 1. The Balaban J connectivity index is 2.20. The van der Waals surface area contributed by atoms with Crippen LogP contribution in [0.5, 0.6) is 0 Å². The van der Waals surface area contributed by atoms with E-state index in [1.807, 2.05) is 30.3 Å². The van der Waals surface area contributed by atoms with Crippen molar-refractivity contribution in [3.8, 4) is 0 Å². The molecule has 0 spiro atoms. The van der Waals surface area contributed by atoms with Gasteiger partial charge < -0.3 is 19.3 Å². The first-order valence-corrected chi connectivity index (χ1v) is 14.4. The van der Waals surface area contributed by atoms with E-state index in [0.29, 0.717) is 12.8 Å². The fraction of sp³-hybridized carbons (Fsp3) is 0.586. The van der Waals surface area contributed by atoms with Gasteiger partial charge in [0.1, 0.15) is 25.1 Å². The summed E-state index contributed by atoms with van der Waals surface area (Å²) in [4.78, 5) is 53.2. The summed E-state index contributed by atoms with van der Waals surface area (Å²) in [6.45, 7) is 10.9. The van der Waals surface area contributed by atoms with Crippen molar-refractivity contribution in [2.24, 2.45) is 23.2 Å². The van der Waals surface area contributed by atoms with Crippen LogP contribution >= 0.6 is 34.8 Å².